The molecule has 0 aromatic heterocycles. The van der Waals surface area contributed by atoms with Crippen molar-refractivity contribution < 1.29 is 47.6 Å². The van der Waals surface area contributed by atoms with Crippen LogP contribution in [-0.4, -0.2) is 59.4 Å². The van der Waals surface area contributed by atoms with Gasteiger partial charge in [0, 0.05) is 29.1 Å². The third-order valence-electron chi connectivity index (χ3n) is 13.2. The van der Waals surface area contributed by atoms with E-state index < -0.39 is 52.7 Å². The summed E-state index contributed by atoms with van der Waals surface area (Å²) < 4.78 is 40.7. The number of carbonyl (C=O) groups is 4. The summed E-state index contributed by atoms with van der Waals surface area (Å²) in [5, 5.41) is 11.9. The zero-order valence-corrected chi connectivity index (χ0v) is 31.8. The second-order valence-corrected chi connectivity index (χ2v) is 16.4. The number of hydrogen-bond donors (Lipinski definition) is 1. The molecule has 1 aliphatic heterocycles. The van der Waals surface area contributed by atoms with Crippen molar-refractivity contribution in [1.29, 1.82) is 0 Å². The molecule has 53 heavy (non-hydrogen) atoms. The van der Waals surface area contributed by atoms with Crippen LogP contribution in [0.25, 0.3) is 0 Å². The lowest BCUT2D eigenvalue weighted by molar-refractivity contribution is -0.220. The number of unbranched alkanes of at least 4 members (excludes halogenated alkanes) is 3. The Morgan fingerprint density at radius 2 is 1.77 bits per heavy atom. The van der Waals surface area contributed by atoms with Gasteiger partial charge >= 0.3 is 12.1 Å². The van der Waals surface area contributed by atoms with Gasteiger partial charge in [-0.2, -0.15) is 0 Å². The van der Waals surface area contributed by atoms with Gasteiger partial charge in [-0.25, -0.2) is 9.18 Å². The average Bonchev–Trinajstić information content (AvgIpc) is 3.62. The van der Waals surface area contributed by atoms with Crippen LogP contribution in [0.3, 0.4) is 0 Å². The van der Waals surface area contributed by atoms with Crippen LogP contribution in [0.5, 0.6) is 5.75 Å². The molecule has 0 spiro atoms. The Kier molecular flexibility index (Phi) is 11.1. The highest BCUT2D eigenvalue weighted by atomic mass is 19.1. The minimum Gasteiger partial charge on any atom is -0.483 e. The highest BCUT2D eigenvalue weighted by Gasteiger charge is 2.78. The van der Waals surface area contributed by atoms with Gasteiger partial charge < -0.3 is 24.1 Å². The molecule has 3 fully saturated rings. The van der Waals surface area contributed by atoms with E-state index in [4.69, 9.17) is 18.9 Å². The highest BCUT2D eigenvalue weighted by molar-refractivity contribution is 6.01. The number of Topliss-reactive ketones (excluding diaryl/α,β-unsaturated/α-hetero) is 1. The summed E-state index contributed by atoms with van der Waals surface area (Å²) in [6.07, 6.45) is 11.3. The van der Waals surface area contributed by atoms with E-state index in [9.17, 15) is 24.3 Å². The van der Waals surface area contributed by atoms with E-state index in [-0.39, 0.29) is 41.7 Å². The van der Waals surface area contributed by atoms with E-state index in [2.05, 4.69) is 13.8 Å². The van der Waals surface area contributed by atoms with E-state index in [1.165, 1.54) is 12.2 Å². The summed E-state index contributed by atoms with van der Waals surface area (Å²) in [5.41, 5.74) is -4.03. The van der Waals surface area contributed by atoms with Gasteiger partial charge in [-0.15, -0.1) is 0 Å². The summed E-state index contributed by atoms with van der Waals surface area (Å²) in [6, 6.07) is 6.74. The lowest BCUT2D eigenvalue weighted by atomic mass is 9.44. The molecule has 9 atom stereocenters. The zero-order valence-electron chi connectivity index (χ0n) is 31.8. The highest BCUT2D eigenvalue weighted by Crippen LogP contribution is 2.73. The molecule has 4 aliphatic carbocycles. The Morgan fingerprint density at radius 3 is 2.49 bits per heavy atom. The first kappa shape index (κ1) is 38.9. The predicted octanol–water partition coefficient (Wildman–Crippen LogP) is 8.12. The van der Waals surface area contributed by atoms with Crippen LogP contribution >= 0.6 is 0 Å². The number of esters is 1. The molecule has 6 rings (SSSR count). The molecule has 0 amide bonds. The van der Waals surface area contributed by atoms with E-state index >= 15 is 4.39 Å². The molecule has 288 valence electrons. The van der Waals surface area contributed by atoms with Crippen LogP contribution in [0.2, 0.25) is 0 Å². The zero-order chi connectivity index (χ0) is 38.2. The SMILES string of the molecule is CCCCCOC(=O)C(C)Cc1ccc(OC(=O)OCC(=O)C23OC(CCCC)=CC2CC2C4CCC5=CC(=O)C=CC5(C)C4(F)C(O)CC23C)cc1. The average molecular weight is 735 g/mol. The van der Waals surface area contributed by atoms with Gasteiger partial charge in [0.25, 0.3) is 0 Å². The van der Waals surface area contributed by atoms with Crippen molar-refractivity contribution >= 4 is 23.7 Å². The molecule has 10 heteroatoms. The Balaban J connectivity index is 1.15. The van der Waals surface area contributed by atoms with E-state index in [1.54, 1.807) is 37.3 Å². The Morgan fingerprint density at radius 1 is 1.04 bits per heavy atom. The molecule has 1 heterocycles. The summed E-state index contributed by atoms with van der Waals surface area (Å²) in [4.78, 5) is 52.0. The lowest BCUT2D eigenvalue weighted by Crippen LogP contribution is -2.69. The summed E-state index contributed by atoms with van der Waals surface area (Å²) in [5.74, 6) is -1.56. The number of hydrogen-bond acceptors (Lipinski definition) is 9. The molecule has 9 nitrogen and oxygen atoms in total. The molecule has 0 radical (unpaired) electrons. The minimum atomic E-state index is -2.04. The van der Waals surface area contributed by atoms with Crippen molar-refractivity contribution in [3.8, 4) is 5.75 Å². The fourth-order valence-corrected chi connectivity index (χ4v) is 10.4. The van der Waals surface area contributed by atoms with Crippen LogP contribution in [-0.2, 0) is 35.0 Å². The molecular formula is C43H55FO9. The molecule has 3 saturated carbocycles. The van der Waals surface area contributed by atoms with Gasteiger partial charge in [-0.05, 0) is 93.7 Å². The van der Waals surface area contributed by atoms with Gasteiger partial charge in [0.1, 0.15) is 5.75 Å². The number of alkyl halides is 1. The standard InChI is InChI=1S/C43H55FO9/c1-6-8-10-20-50-38(48)27(3)21-28-12-15-32(16-13-28)52-39(49)51-26-37(47)43-30(23-33(53-43)11-9-7-2)24-35-34-17-14-29-22-31(45)18-19-40(29,4)42(34,44)36(46)25-41(35,43)5/h12-13,15-16,18-19,22-23,27,30,34-36,46H,6-11,14,17,20-21,24-26H2,1-5H3. The van der Waals surface area contributed by atoms with Gasteiger partial charge in [0.2, 0.25) is 5.78 Å². The largest absolute Gasteiger partial charge is 0.514 e. The fourth-order valence-electron chi connectivity index (χ4n) is 10.4. The number of rotatable bonds is 14. The van der Waals surface area contributed by atoms with Gasteiger partial charge in [-0.1, -0.05) is 70.7 Å². The normalized spacial score (nSPS) is 34.4. The number of ether oxygens (including phenoxy) is 4. The Labute approximate surface area is 312 Å². The lowest BCUT2D eigenvalue weighted by Gasteiger charge is -2.62. The molecule has 9 unspecified atom stereocenters. The predicted molar refractivity (Wildman–Crippen MR) is 195 cm³/mol. The number of aliphatic hydroxyl groups is 1. The third-order valence-corrected chi connectivity index (χ3v) is 13.2. The number of ketones is 2. The minimum absolute atomic E-state index is 0.0293. The summed E-state index contributed by atoms with van der Waals surface area (Å²) in [6.45, 7) is 9.49. The van der Waals surface area contributed by atoms with Crippen molar-refractivity contribution in [3.63, 3.8) is 0 Å². The van der Waals surface area contributed by atoms with Gasteiger partial charge in [0.15, 0.2) is 23.7 Å². The first-order chi connectivity index (χ1) is 25.2. The first-order valence-corrected chi connectivity index (χ1v) is 19.6. The maximum atomic E-state index is 17.8. The van der Waals surface area contributed by atoms with Crippen LogP contribution < -0.4 is 4.74 Å². The van der Waals surface area contributed by atoms with Crippen molar-refractivity contribution in [2.24, 2.45) is 34.5 Å². The smallest absolute Gasteiger partial charge is 0.483 e. The summed E-state index contributed by atoms with van der Waals surface area (Å²) in [7, 11) is 0. The first-order valence-electron chi connectivity index (χ1n) is 19.6. The van der Waals surface area contributed by atoms with Crippen molar-refractivity contribution in [1.82, 2.24) is 0 Å². The van der Waals surface area contributed by atoms with Crippen molar-refractivity contribution in [2.75, 3.05) is 13.2 Å². The number of carbonyl (C=O) groups excluding carboxylic acids is 4. The Bertz CT molecular complexity index is 1680. The second-order valence-electron chi connectivity index (χ2n) is 16.4. The number of aliphatic hydroxyl groups excluding tert-OH is 1. The maximum absolute atomic E-state index is 17.8. The van der Waals surface area contributed by atoms with Crippen LogP contribution in [0.4, 0.5) is 9.18 Å². The van der Waals surface area contributed by atoms with E-state index in [0.29, 0.717) is 50.0 Å². The topological polar surface area (TPSA) is 125 Å². The Hall–Kier alpha value is -3.79. The third kappa shape index (κ3) is 6.67. The number of benzene rings is 1. The molecular weight excluding hydrogens is 679 g/mol. The number of allylic oxidation sites excluding steroid dienone is 5. The monoisotopic (exact) mass is 734 g/mol. The molecule has 1 aromatic carbocycles. The maximum Gasteiger partial charge on any atom is 0.514 e. The van der Waals surface area contributed by atoms with Crippen LogP contribution in [0.15, 0.2) is 59.9 Å². The van der Waals surface area contributed by atoms with Gasteiger partial charge in [-0.3, -0.25) is 14.4 Å². The quantitative estimate of drug-likeness (QED) is 0.115. The fraction of sp³-hybridized carbons (Fsp3) is 0.628. The van der Waals surface area contributed by atoms with Crippen LogP contribution in [0, 0.1) is 34.5 Å². The van der Waals surface area contributed by atoms with Gasteiger partial charge in [0.05, 0.1) is 24.4 Å². The van der Waals surface area contributed by atoms with Crippen LogP contribution in [0.1, 0.15) is 104 Å². The molecule has 1 aromatic rings. The summed E-state index contributed by atoms with van der Waals surface area (Å²) >= 11 is 0. The second kappa shape index (κ2) is 15.2. The van der Waals surface area contributed by atoms with E-state index in [1.807, 2.05) is 19.9 Å². The van der Waals surface area contributed by atoms with Crippen molar-refractivity contribution in [3.05, 3.63) is 65.5 Å². The van der Waals surface area contributed by atoms with E-state index in [0.717, 1.165) is 37.7 Å². The molecule has 0 saturated heterocycles. The molecule has 0 bridgehead atoms. The number of halogens is 1. The molecule has 5 aliphatic rings. The van der Waals surface area contributed by atoms with Crippen molar-refractivity contribution in [2.45, 2.75) is 123 Å². The number of fused-ring (bicyclic) bond motifs is 7. The molecule has 1 N–H and O–H groups in total.